The topological polar surface area (TPSA) is 89.3 Å². The monoisotopic (exact) mass is 312 g/mol. The summed E-state index contributed by atoms with van der Waals surface area (Å²) < 4.78 is 36.0. The van der Waals surface area contributed by atoms with E-state index in [2.05, 4.69) is 5.32 Å². The number of hydrogen-bond donors (Lipinski definition) is 2. The fourth-order valence-corrected chi connectivity index (χ4v) is 3.37. The molecule has 0 radical (unpaired) electrons. The van der Waals surface area contributed by atoms with Gasteiger partial charge in [-0.3, -0.25) is 4.79 Å². The Hall–Kier alpha value is -1.47. The number of hydrogen-bond acceptors (Lipinski definition) is 3. The highest BCUT2D eigenvalue weighted by Gasteiger charge is 2.53. The van der Waals surface area contributed by atoms with E-state index in [1.807, 2.05) is 0 Å². The first-order valence-electron chi connectivity index (χ1n) is 6.92. The van der Waals surface area contributed by atoms with E-state index in [0.29, 0.717) is 12.5 Å². The van der Waals surface area contributed by atoms with Crippen molar-refractivity contribution in [3.8, 4) is 0 Å². The number of halogens is 1. The zero-order valence-corrected chi connectivity index (χ0v) is 12.2. The molecule has 1 amide bonds. The van der Waals surface area contributed by atoms with Gasteiger partial charge in [-0.1, -0.05) is 0 Å². The van der Waals surface area contributed by atoms with Crippen molar-refractivity contribution in [2.24, 2.45) is 16.5 Å². The van der Waals surface area contributed by atoms with Crippen LogP contribution in [0.3, 0.4) is 0 Å². The highest BCUT2D eigenvalue weighted by atomic mass is 32.2. The molecule has 0 aromatic heterocycles. The van der Waals surface area contributed by atoms with Gasteiger partial charge in [0.15, 0.2) is 0 Å². The van der Waals surface area contributed by atoms with Crippen LogP contribution in [0.25, 0.3) is 0 Å². The lowest BCUT2D eigenvalue weighted by atomic mass is 10.0. The van der Waals surface area contributed by atoms with Gasteiger partial charge in [-0.2, -0.15) is 0 Å². The molecule has 2 aliphatic rings. The molecule has 2 saturated carbocycles. The highest BCUT2D eigenvalue weighted by molar-refractivity contribution is 7.89. The van der Waals surface area contributed by atoms with Gasteiger partial charge in [0, 0.05) is 12.1 Å². The number of amides is 1. The Balaban J connectivity index is 1.73. The molecule has 2 aliphatic carbocycles. The van der Waals surface area contributed by atoms with Gasteiger partial charge in [-0.25, -0.2) is 17.9 Å². The summed E-state index contributed by atoms with van der Waals surface area (Å²) >= 11 is 0. The van der Waals surface area contributed by atoms with Crippen molar-refractivity contribution < 1.29 is 17.6 Å². The van der Waals surface area contributed by atoms with Crippen LogP contribution in [0.1, 0.15) is 36.0 Å². The number of sulfonamides is 1. The normalized spacial score (nSPS) is 20.1. The molecular weight excluding hydrogens is 295 g/mol. The molecule has 0 atom stereocenters. The van der Waals surface area contributed by atoms with E-state index >= 15 is 0 Å². The van der Waals surface area contributed by atoms with Crippen molar-refractivity contribution in [2.75, 3.05) is 6.54 Å². The van der Waals surface area contributed by atoms with E-state index in [4.69, 9.17) is 5.14 Å². The quantitative estimate of drug-likeness (QED) is 0.861. The predicted molar refractivity (Wildman–Crippen MR) is 74.5 cm³/mol. The summed E-state index contributed by atoms with van der Waals surface area (Å²) in [5, 5.41) is 7.76. The van der Waals surface area contributed by atoms with Crippen molar-refractivity contribution in [1.29, 1.82) is 0 Å². The molecule has 5 nitrogen and oxygen atoms in total. The Bertz CT molecular complexity index is 694. The van der Waals surface area contributed by atoms with Gasteiger partial charge in [0.25, 0.3) is 5.91 Å². The third kappa shape index (κ3) is 3.08. The largest absolute Gasteiger partial charge is 0.351 e. The first kappa shape index (κ1) is 14.5. The van der Waals surface area contributed by atoms with Crippen LogP contribution in [0, 0.1) is 17.2 Å². The third-order valence-corrected chi connectivity index (χ3v) is 5.29. The maximum atomic E-state index is 13.4. The Kier molecular flexibility index (Phi) is 3.29. The Labute approximate surface area is 122 Å². The second kappa shape index (κ2) is 4.78. The van der Waals surface area contributed by atoms with Gasteiger partial charge in [0.1, 0.15) is 5.82 Å². The van der Waals surface area contributed by atoms with Crippen molar-refractivity contribution >= 4 is 15.9 Å². The Morgan fingerprint density at radius 2 is 2.00 bits per heavy atom. The van der Waals surface area contributed by atoms with E-state index in [1.54, 1.807) is 0 Å². The molecule has 0 unspecified atom stereocenters. The number of rotatable bonds is 5. The fraction of sp³-hybridized carbons (Fsp3) is 0.500. The van der Waals surface area contributed by atoms with Crippen molar-refractivity contribution in [3.05, 3.63) is 29.6 Å². The predicted octanol–water partition coefficient (Wildman–Crippen LogP) is 1.39. The van der Waals surface area contributed by atoms with Crippen LogP contribution in [-0.2, 0) is 10.0 Å². The first-order chi connectivity index (χ1) is 9.80. The number of carbonyl (C=O) groups excluding carboxylic acids is 1. The van der Waals surface area contributed by atoms with Gasteiger partial charge in [0.05, 0.1) is 4.90 Å². The molecule has 21 heavy (non-hydrogen) atoms. The number of nitrogens with two attached hydrogens (primary N) is 1. The first-order valence-corrected chi connectivity index (χ1v) is 8.46. The van der Waals surface area contributed by atoms with Crippen LogP contribution in [0.15, 0.2) is 23.1 Å². The Morgan fingerprint density at radius 1 is 1.33 bits per heavy atom. The van der Waals surface area contributed by atoms with Crippen molar-refractivity contribution in [2.45, 2.75) is 30.6 Å². The van der Waals surface area contributed by atoms with Crippen LogP contribution in [0.2, 0.25) is 0 Å². The molecule has 114 valence electrons. The molecule has 0 bridgehead atoms. The summed E-state index contributed by atoms with van der Waals surface area (Å²) in [6.07, 6.45) is 4.66. The molecule has 3 rings (SSSR count). The molecule has 3 N–H and O–H groups in total. The SMILES string of the molecule is NS(=O)(=O)c1cc(F)cc(C(=O)NCC2(C3CC3)CC2)c1. The lowest BCUT2D eigenvalue weighted by Gasteiger charge is -2.15. The van der Waals surface area contributed by atoms with Gasteiger partial charge >= 0.3 is 0 Å². The summed E-state index contributed by atoms with van der Waals surface area (Å²) in [7, 11) is -4.04. The minimum atomic E-state index is -4.04. The van der Waals surface area contributed by atoms with Crippen LogP contribution >= 0.6 is 0 Å². The maximum absolute atomic E-state index is 13.4. The van der Waals surface area contributed by atoms with Crippen LogP contribution in [-0.4, -0.2) is 20.9 Å². The van der Waals surface area contributed by atoms with Crippen LogP contribution in [0.5, 0.6) is 0 Å². The van der Waals surface area contributed by atoms with E-state index in [0.717, 1.165) is 31.0 Å². The minimum absolute atomic E-state index is 0.0226. The molecule has 2 fully saturated rings. The van der Waals surface area contributed by atoms with E-state index < -0.39 is 26.6 Å². The second-order valence-corrected chi connectivity index (χ2v) is 7.60. The summed E-state index contributed by atoms with van der Waals surface area (Å²) in [5.74, 6) is -0.563. The van der Waals surface area contributed by atoms with Gasteiger partial charge in [0.2, 0.25) is 10.0 Å². The number of primary sulfonamides is 1. The standard InChI is InChI=1S/C14H17FN2O3S/c15-11-5-9(6-12(7-11)21(16,19)20)13(18)17-8-14(3-4-14)10-1-2-10/h5-7,10H,1-4,8H2,(H,17,18)(H2,16,19,20). The number of benzene rings is 1. The highest BCUT2D eigenvalue weighted by Crippen LogP contribution is 2.60. The molecular formula is C14H17FN2O3S. The summed E-state index contributed by atoms with van der Waals surface area (Å²) in [4.78, 5) is 11.7. The summed E-state index contributed by atoms with van der Waals surface area (Å²) in [6.45, 7) is 0.567. The molecule has 1 aromatic rings. The number of carbonyl (C=O) groups is 1. The second-order valence-electron chi connectivity index (χ2n) is 6.04. The minimum Gasteiger partial charge on any atom is -0.351 e. The molecule has 0 saturated heterocycles. The Morgan fingerprint density at radius 3 is 2.52 bits per heavy atom. The zero-order chi connectivity index (χ0) is 15.3. The van der Waals surface area contributed by atoms with Crippen molar-refractivity contribution in [1.82, 2.24) is 5.32 Å². The average Bonchev–Trinajstić information content (AvgIpc) is 3.25. The smallest absolute Gasteiger partial charge is 0.251 e. The fourth-order valence-electron chi connectivity index (χ4n) is 2.80. The molecule has 0 spiro atoms. The van der Waals surface area contributed by atoms with Crippen LogP contribution in [0.4, 0.5) is 4.39 Å². The zero-order valence-electron chi connectivity index (χ0n) is 11.4. The van der Waals surface area contributed by atoms with E-state index in [-0.39, 0.29) is 11.0 Å². The molecule has 7 heteroatoms. The molecule has 0 heterocycles. The number of nitrogens with one attached hydrogen (secondary N) is 1. The van der Waals surface area contributed by atoms with Crippen molar-refractivity contribution in [3.63, 3.8) is 0 Å². The van der Waals surface area contributed by atoms with Gasteiger partial charge in [-0.05, 0) is 55.2 Å². The summed E-state index contributed by atoms with van der Waals surface area (Å²) in [6, 6.07) is 2.92. The van der Waals surface area contributed by atoms with Crippen LogP contribution < -0.4 is 10.5 Å². The van der Waals surface area contributed by atoms with Gasteiger partial charge < -0.3 is 5.32 Å². The van der Waals surface area contributed by atoms with E-state index in [1.165, 1.54) is 12.8 Å². The third-order valence-electron chi connectivity index (χ3n) is 4.40. The maximum Gasteiger partial charge on any atom is 0.251 e. The molecule has 1 aromatic carbocycles. The van der Waals surface area contributed by atoms with E-state index in [9.17, 15) is 17.6 Å². The van der Waals surface area contributed by atoms with Gasteiger partial charge in [-0.15, -0.1) is 0 Å². The lowest BCUT2D eigenvalue weighted by Crippen LogP contribution is -2.31. The average molecular weight is 312 g/mol. The molecule has 0 aliphatic heterocycles. The lowest BCUT2D eigenvalue weighted by molar-refractivity contribution is 0.0942. The summed E-state index contributed by atoms with van der Waals surface area (Å²) in [5.41, 5.74) is 0.205.